The molecule has 18 heavy (non-hydrogen) atoms. The van der Waals surface area contributed by atoms with Crippen LogP contribution >= 0.6 is 0 Å². The minimum absolute atomic E-state index is 0.125. The van der Waals surface area contributed by atoms with Gasteiger partial charge < -0.3 is 9.47 Å². The van der Waals surface area contributed by atoms with E-state index in [4.69, 9.17) is 4.74 Å². The third-order valence-corrected chi connectivity index (χ3v) is 1.66. The van der Waals surface area contributed by atoms with Crippen molar-refractivity contribution in [3.63, 3.8) is 0 Å². The Bertz CT molecular complexity index is 255. The normalized spacial score (nSPS) is 10.2. The van der Waals surface area contributed by atoms with Crippen molar-refractivity contribution in [1.29, 1.82) is 0 Å². The van der Waals surface area contributed by atoms with E-state index in [1.807, 2.05) is 27.7 Å². The summed E-state index contributed by atoms with van der Waals surface area (Å²) in [5.74, 6) is 0.438. The smallest absolute Gasteiger partial charge is 0.330 e. The van der Waals surface area contributed by atoms with Gasteiger partial charge in [0.2, 0.25) is 0 Å². The maximum atomic E-state index is 10.6. The van der Waals surface area contributed by atoms with Crippen LogP contribution in [0.4, 0.5) is 0 Å². The Kier molecular flexibility index (Phi) is 12.8. The van der Waals surface area contributed by atoms with Crippen molar-refractivity contribution >= 4 is 11.9 Å². The average molecular weight is 258 g/mol. The van der Waals surface area contributed by atoms with Gasteiger partial charge in [0.15, 0.2) is 0 Å². The number of rotatable bonds is 5. The van der Waals surface area contributed by atoms with Gasteiger partial charge in [0.25, 0.3) is 0 Å². The second-order valence-corrected chi connectivity index (χ2v) is 4.70. The molecule has 0 N–H and O–H groups in total. The highest BCUT2D eigenvalue weighted by Gasteiger charge is 2.01. The lowest BCUT2D eigenvalue weighted by molar-refractivity contribution is -0.141. The van der Waals surface area contributed by atoms with Crippen LogP contribution in [0.15, 0.2) is 12.2 Å². The van der Waals surface area contributed by atoms with E-state index in [0.717, 1.165) is 0 Å². The maximum Gasteiger partial charge on any atom is 0.330 e. The fourth-order valence-electron chi connectivity index (χ4n) is 0.850. The number of hydrogen-bond acceptors (Lipinski definition) is 4. The molecule has 0 aromatic rings. The highest BCUT2D eigenvalue weighted by Crippen LogP contribution is 1.99. The molecule has 4 nitrogen and oxygen atoms in total. The Hall–Kier alpha value is -1.32. The molecular weight excluding hydrogens is 232 g/mol. The molecule has 106 valence electrons. The summed E-state index contributed by atoms with van der Waals surface area (Å²) in [6.07, 6.45) is 3.61. The molecular formula is C14H26O4. The van der Waals surface area contributed by atoms with E-state index in [0.29, 0.717) is 24.9 Å². The first-order valence-corrected chi connectivity index (χ1v) is 6.19. The molecule has 4 heteroatoms. The van der Waals surface area contributed by atoms with Crippen LogP contribution in [0.2, 0.25) is 0 Å². The van der Waals surface area contributed by atoms with Crippen molar-refractivity contribution in [1.82, 2.24) is 0 Å². The van der Waals surface area contributed by atoms with E-state index in [1.165, 1.54) is 13.2 Å². The molecule has 0 saturated heterocycles. The lowest BCUT2D eigenvalue weighted by atomic mass is 10.1. The molecule has 0 radical (unpaired) electrons. The van der Waals surface area contributed by atoms with Gasteiger partial charge >= 0.3 is 11.9 Å². The van der Waals surface area contributed by atoms with E-state index in [2.05, 4.69) is 4.74 Å². The van der Waals surface area contributed by atoms with Crippen molar-refractivity contribution < 1.29 is 19.1 Å². The Morgan fingerprint density at radius 1 is 1.11 bits per heavy atom. The molecule has 0 aromatic heterocycles. The molecule has 0 spiro atoms. The monoisotopic (exact) mass is 258 g/mol. The predicted molar refractivity (Wildman–Crippen MR) is 72.1 cm³/mol. The fourth-order valence-corrected chi connectivity index (χ4v) is 0.850. The van der Waals surface area contributed by atoms with E-state index in [1.54, 1.807) is 13.0 Å². The van der Waals surface area contributed by atoms with Crippen LogP contribution in [0, 0.1) is 11.8 Å². The topological polar surface area (TPSA) is 52.6 Å². The minimum atomic E-state index is -0.254. The summed E-state index contributed by atoms with van der Waals surface area (Å²) in [4.78, 5) is 21.0. The zero-order valence-electron chi connectivity index (χ0n) is 12.4. The third kappa shape index (κ3) is 17.1. The van der Waals surface area contributed by atoms with Crippen molar-refractivity contribution in [2.45, 2.75) is 41.0 Å². The molecule has 0 amide bonds. The maximum absolute atomic E-state index is 10.6. The summed E-state index contributed by atoms with van der Waals surface area (Å²) in [5.41, 5.74) is 0. The number of ether oxygens (including phenoxy) is 2. The summed E-state index contributed by atoms with van der Waals surface area (Å²) in [6, 6.07) is 0. The Morgan fingerprint density at radius 3 is 1.94 bits per heavy atom. The number of hydrogen-bond donors (Lipinski definition) is 0. The van der Waals surface area contributed by atoms with Gasteiger partial charge in [-0.3, -0.25) is 4.79 Å². The van der Waals surface area contributed by atoms with Crippen LogP contribution in [0.25, 0.3) is 0 Å². The van der Waals surface area contributed by atoms with Gasteiger partial charge in [-0.05, 0) is 18.8 Å². The van der Waals surface area contributed by atoms with Crippen LogP contribution in [-0.4, -0.2) is 25.7 Å². The quantitative estimate of drug-likeness (QED) is 0.562. The Labute approximate surface area is 110 Å². The van der Waals surface area contributed by atoms with Gasteiger partial charge in [-0.2, -0.15) is 0 Å². The zero-order chi connectivity index (χ0) is 14.6. The molecule has 0 aliphatic rings. The predicted octanol–water partition coefficient (Wildman–Crippen LogP) is 2.97. The SMILES string of the molecule is C/C=C/C(=O)OCC(C)C.COC(=O)CC(C)C. The van der Waals surface area contributed by atoms with Crippen molar-refractivity contribution in [2.75, 3.05) is 13.7 Å². The standard InChI is InChI=1S/C8H14O2.C6H12O2/c1-4-5-8(9)10-6-7(2)3;1-5(2)4-6(7)8-3/h4-5,7H,6H2,1-3H3;5H,4H2,1-3H3/b5-4+;. The van der Waals surface area contributed by atoms with E-state index < -0.39 is 0 Å². The van der Waals surface area contributed by atoms with Crippen molar-refractivity contribution in [3.8, 4) is 0 Å². The van der Waals surface area contributed by atoms with Crippen LogP contribution in [0.1, 0.15) is 41.0 Å². The molecule has 0 fully saturated rings. The zero-order valence-corrected chi connectivity index (χ0v) is 12.4. The summed E-state index contributed by atoms with van der Waals surface area (Å²) < 4.78 is 9.24. The van der Waals surface area contributed by atoms with Crippen LogP contribution < -0.4 is 0 Å². The van der Waals surface area contributed by atoms with Gasteiger partial charge in [0.05, 0.1) is 13.7 Å². The summed E-state index contributed by atoms with van der Waals surface area (Å²) in [5, 5.41) is 0. The first kappa shape index (κ1) is 19.0. The molecule has 0 rings (SSSR count). The van der Waals surface area contributed by atoms with Gasteiger partial charge in [0.1, 0.15) is 0 Å². The van der Waals surface area contributed by atoms with Crippen LogP contribution in [0.3, 0.4) is 0 Å². The van der Waals surface area contributed by atoms with Gasteiger partial charge in [0, 0.05) is 12.5 Å². The number of carbonyl (C=O) groups excluding carboxylic acids is 2. The van der Waals surface area contributed by atoms with Crippen molar-refractivity contribution in [3.05, 3.63) is 12.2 Å². The average Bonchev–Trinajstić information content (AvgIpc) is 2.26. The molecule has 0 aliphatic heterocycles. The highest BCUT2D eigenvalue weighted by molar-refractivity contribution is 5.81. The molecule has 0 heterocycles. The first-order chi connectivity index (χ1) is 8.33. The Balaban J connectivity index is 0. The van der Waals surface area contributed by atoms with Gasteiger partial charge in [-0.1, -0.05) is 33.8 Å². The van der Waals surface area contributed by atoms with Gasteiger partial charge in [-0.25, -0.2) is 4.79 Å². The Morgan fingerprint density at radius 2 is 1.67 bits per heavy atom. The van der Waals surface area contributed by atoms with Crippen LogP contribution in [0.5, 0.6) is 0 Å². The lowest BCUT2D eigenvalue weighted by Crippen LogP contribution is -2.06. The van der Waals surface area contributed by atoms with Crippen molar-refractivity contribution in [2.24, 2.45) is 11.8 Å². The minimum Gasteiger partial charge on any atom is -0.469 e. The third-order valence-electron chi connectivity index (χ3n) is 1.66. The molecule has 0 bridgehead atoms. The first-order valence-electron chi connectivity index (χ1n) is 6.19. The summed E-state index contributed by atoms with van der Waals surface area (Å²) in [6.45, 7) is 10.3. The van der Waals surface area contributed by atoms with E-state index >= 15 is 0 Å². The largest absolute Gasteiger partial charge is 0.469 e. The van der Waals surface area contributed by atoms with Crippen LogP contribution in [-0.2, 0) is 19.1 Å². The van der Waals surface area contributed by atoms with Gasteiger partial charge in [-0.15, -0.1) is 0 Å². The summed E-state index contributed by atoms with van der Waals surface area (Å²) in [7, 11) is 1.41. The second kappa shape index (κ2) is 12.1. The number of methoxy groups -OCH3 is 1. The van der Waals surface area contributed by atoms with E-state index in [-0.39, 0.29) is 11.9 Å². The summed E-state index contributed by atoms with van der Waals surface area (Å²) >= 11 is 0. The highest BCUT2D eigenvalue weighted by atomic mass is 16.5. The number of esters is 2. The fraction of sp³-hybridized carbons (Fsp3) is 0.714. The molecule has 0 saturated carbocycles. The molecule has 0 aromatic carbocycles. The molecule has 0 atom stereocenters. The lowest BCUT2D eigenvalue weighted by Gasteiger charge is -2.03. The molecule has 0 aliphatic carbocycles. The molecule has 0 unspecified atom stereocenters. The second-order valence-electron chi connectivity index (χ2n) is 4.70. The van der Waals surface area contributed by atoms with E-state index in [9.17, 15) is 9.59 Å². The number of allylic oxidation sites excluding steroid dienone is 1. The number of carbonyl (C=O) groups is 2.